The number of nitrogens with zero attached hydrogens (tertiary/aromatic N) is 2. The van der Waals surface area contributed by atoms with Crippen LogP contribution in [0.25, 0.3) is 11.1 Å². The number of carboxylic acid groups (broad SMARTS) is 1. The topological polar surface area (TPSA) is 63.1 Å². The van der Waals surface area contributed by atoms with Crippen LogP contribution in [-0.2, 0) is 0 Å². The van der Waals surface area contributed by atoms with E-state index in [1.54, 1.807) is 6.07 Å². The highest BCUT2D eigenvalue weighted by atomic mass is 19.1. The monoisotopic (exact) mass is 218 g/mol. The zero-order valence-corrected chi connectivity index (χ0v) is 8.09. The van der Waals surface area contributed by atoms with Crippen molar-refractivity contribution < 1.29 is 14.3 Å². The molecule has 0 saturated carbocycles. The van der Waals surface area contributed by atoms with Crippen molar-refractivity contribution >= 4 is 5.97 Å². The summed E-state index contributed by atoms with van der Waals surface area (Å²) in [4.78, 5) is 10.9. The summed E-state index contributed by atoms with van der Waals surface area (Å²) in [5, 5.41) is 16.0. The Morgan fingerprint density at radius 1 is 1.25 bits per heavy atom. The lowest BCUT2D eigenvalue weighted by Gasteiger charge is -2.04. The van der Waals surface area contributed by atoms with Crippen LogP contribution in [0.2, 0.25) is 0 Å². The quantitative estimate of drug-likeness (QED) is 0.837. The Hall–Kier alpha value is -2.30. The largest absolute Gasteiger partial charge is 0.478 e. The van der Waals surface area contributed by atoms with E-state index in [1.165, 1.54) is 24.4 Å². The maximum absolute atomic E-state index is 13.0. The van der Waals surface area contributed by atoms with Crippen LogP contribution >= 0.6 is 0 Å². The summed E-state index contributed by atoms with van der Waals surface area (Å²) < 4.78 is 13.0. The molecule has 4 nitrogen and oxygen atoms in total. The first kappa shape index (κ1) is 10.2. The average Bonchev–Trinajstić information content (AvgIpc) is 2.29. The Morgan fingerprint density at radius 3 is 2.69 bits per heavy atom. The molecule has 0 spiro atoms. The zero-order valence-electron chi connectivity index (χ0n) is 8.09. The number of hydrogen-bond acceptors (Lipinski definition) is 3. The molecule has 0 aliphatic rings. The van der Waals surface area contributed by atoms with Gasteiger partial charge in [-0.2, -0.15) is 10.2 Å². The van der Waals surface area contributed by atoms with Gasteiger partial charge in [0.25, 0.3) is 0 Å². The molecule has 0 amide bonds. The second-order valence-corrected chi connectivity index (χ2v) is 3.13. The van der Waals surface area contributed by atoms with E-state index in [4.69, 9.17) is 5.11 Å². The Balaban J connectivity index is 2.60. The van der Waals surface area contributed by atoms with E-state index < -0.39 is 11.8 Å². The Labute approximate surface area is 90.4 Å². The van der Waals surface area contributed by atoms with Crippen LogP contribution in [-0.4, -0.2) is 21.3 Å². The van der Waals surface area contributed by atoms with Crippen LogP contribution in [0.3, 0.4) is 0 Å². The van der Waals surface area contributed by atoms with Crippen molar-refractivity contribution in [3.8, 4) is 11.1 Å². The van der Waals surface area contributed by atoms with Gasteiger partial charge in [0.2, 0.25) is 0 Å². The Morgan fingerprint density at radius 2 is 2.00 bits per heavy atom. The van der Waals surface area contributed by atoms with Crippen molar-refractivity contribution in [1.29, 1.82) is 0 Å². The fraction of sp³-hybridized carbons (Fsp3) is 0. The fourth-order valence-corrected chi connectivity index (χ4v) is 1.38. The lowest BCUT2D eigenvalue weighted by molar-refractivity contribution is 0.0697. The van der Waals surface area contributed by atoms with E-state index in [2.05, 4.69) is 10.2 Å². The molecular formula is C11H7FN2O2. The Kier molecular flexibility index (Phi) is 2.59. The maximum Gasteiger partial charge on any atom is 0.338 e. The first-order valence-corrected chi connectivity index (χ1v) is 4.48. The molecule has 0 radical (unpaired) electrons. The van der Waals surface area contributed by atoms with Crippen LogP contribution in [0.15, 0.2) is 36.7 Å². The van der Waals surface area contributed by atoms with Gasteiger partial charge in [0, 0.05) is 5.56 Å². The third-order valence-electron chi connectivity index (χ3n) is 2.10. The zero-order chi connectivity index (χ0) is 11.5. The lowest BCUT2D eigenvalue weighted by Crippen LogP contribution is -2.01. The van der Waals surface area contributed by atoms with Crippen LogP contribution < -0.4 is 0 Å². The summed E-state index contributed by atoms with van der Waals surface area (Å²) in [5.41, 5.74) is 0.815. The van der Waals surface area contributed by atoms with Gasteiger partial charge in [-0.05, 0) is 17.7 Å². The minimum Gasteiger partial charge on any atom is -0.478 e. The molecule has 2 rings (SSSR count). The molecule has 0 saturated heterocycles. The highest BCUT2D eigenvalue weighted by Gasteiger charge is 2.12. The number of aromatic nitrogens is 2. The summed E-state index contributed by atoms with van der Waals surface area (Å²) in [6.45, 7) is 0. The van der Waals surface area contributed by atoms with Crippen molar-refractivity contribution in [2.75, 3.05) is 0 Å². The van der Waals surface area contributed by atoms with Crippen LogP contribution in [0.5, 0.6) is 0 Å². The maximum atomic E-state index is 13.0. The average molecular weight is 218 g/mol. The third-order valence-corrected chi connectivity index (χ3v) is 2.10. The van der Waals surface area contributed by atoms with E-state index in [0.717, 1.165) is 6.20 Å². The number of hydrogen-bond donors (Lipinski definition) is 1. The minimum atomic E-state index is -1.12. The number of benzene rings is 1. The van der Waals surface area contributed by atoms with Gasteiger partial charge in [0.05, 0.1) is 18.0 Å². The highest BCUT2D eigenvalue weighted by Crippen LogP contribution is 2.22. The van der Waals surface area contributed by atoms with E-state index in [0.29, 0.717) is 11.1 Å². The third kappa shape index (κ3) is 1.88. The second-order valence-electron chi connectivity index (χ2n) is 3.13. The second kappa shape index (κ2) is 4.06. The molecule has 0 unspecified atom stereocenters. The fourth-order valence-electron chi connectivity index (χ4n) is 1.38. The minimum absolute atomic E-state index is 0.000556. The molecular weight excluding hydrogens is 211 g/mol. The van der Waals surface area contributed by atoms with E-state index in [9.17, 15) is 9.18 Å². The molecule has 0 aliphatic heterocycles. The molecule has 0 atom stereocenters. The van der Waals surface area contributed by atoms with Crippen LogP contribution in [0.1, 0.15) is 10.4 Å². The summed E-state index contributed by atoms with van der Waals surface area (Å²) in [6, 6.07) is 5.67. The normalized spacial score (nSPS) is 10.1. The first-order chi connectivity index (χ1) is 7.68. The molecule has 0 fully saturated rings. The standard InChI is InChI=1S/C11H7FN2O2/c12-8-3-1-2-7(4-8)9-5-13-14-6-10(9)11(15)16/h1-6H,(H,15,16). The van der Waals surface area contributed by atoms with Crippen molar-refractivity contribution in [3.63, 3.8) is 0 Å². The molecule has 0 aliphatic carbocycles. The van der Waals surface area contributed by atoms with Gasteiger partial charge in [0.1, 0.15) is 5.82 Å². The van der Waals surface area contributed by atoms with E-state index in [-0.39, 0.29) is 5.56 Å². The molecule has 2 aromatic rings. The first-order valence-electron chi connectivity index (χ1n) is 4.48. The summed E-state index contributed by atoms with van der Waals surface area (Å²) in [5.74, 6) is -1.54. The van der Waals surface area contributed by atoms with Crippen molar-refractivity contribution in [2.45, 2.75) is 0 Å². The number of halogens is 1. The van der Waals surface area contributed by atoms with Crippen LogP contribution in [0.4, 0.5) is 4.39 Å². The van der Waals surface area contributed by atoms with Crippen molar-refractivity contribution in [3.05, 3.63) is 48.0 Å². The number of rotatable bonds is 2. The van der Waals surface area contributed by atoms with Crippen molar-refractivity contribution in [2.24, 2.45) is 0 Å². The SMILES string of the molecule is O=C(O)c1cnncc1-c1cccc(F)c1. The summed E-state index contributed by atoms with van der Waals surface area (Å²) >= 11 is 0. The van der Waals surface area contributed by atoms with E-state index in [1.807, 2.05) is 0 Å². The molecule has 0 bridgehead atoms. The highest BCUT2D eigenvalue weighted by molar-refractivity contribution is 5.95. The summed E-state index contributed by atoms with van der Waals surface area (Å²) in [7, 11) is 0. The van der Waals surface area contributed by atoms with Crippen molar-refractivity contribution in [1.82, 2.24) is 10.2 Å². The Bertz CT molecular complexity index is 543. The summed E-state index contributed by atoms with van der Waals surface area (Å²) in [6.07, 6.45) is 2.45. The van der Waals surface area contributed by atoms with Gasteiger partial charge >= 0.3 is 5.97 Å². The van der Waals surface area contributed by atoms with Gasteiger partial charge < -0.3 is 5.11 Å². The molecule has 1 aromatic heterocycles. The molecule has 1 heterocycles. The predicted octanol–water partition coefficient (Wildman–Crippen LogP) is 1.98. The molecule has 80 valence electrons. The molecule has 16 heavy (non-hydrogen) atoms. The molecule has 1 N–H and O–H groups in total. The predicted molar refractivity (Wildman–Crippen MR) is 54.4 cm³/mol. The van der Waals surface area contributed by atoms with E-state index >= 15 is 0 Å². The lowest BCUT2D eigenvalue weighted by atomic mass is 10.0. The number of carboxylic acids is 1. The van der Waals surface area contributed by atoms with Crippen LogP contribution in [0, 0.1) is 5.82 Å². The van der Waals surface area contributed by atoms with Gasteiger partial charge in [0.15, 0.2) is 0 Å². The van der Waals surface area contributed by atoms with Gasteiger partial charge in [-0.1, -0.05) is 12.1 Å². The smallest absolute Gasteiger partial charge is 0.338 e. The van der Waals surface area contributed by atoms with Gasteiger partial charge in [-0.3, -0.25) is 0 Å². The number of aromatic carboxylic acids is 1. The van der Waals surface area contributed by atoms with Gasteiger partial charge in [-0.15, -0.1) is 0 Å². The number of carbonyl (C=O) groups is 1. The molecule has 1 aromatic carbocycles. The molecule has 5 heteroatoms. The van der Waals surface area contributed by atoms with Gasteiger partial charge in [-0.25, -0.2) is 9.18 Å².